The average molecular weight is 228 g/mol. The van der Waals surface area contributed by atoms with E-state index in [0.29, 0.717) is 6.61 Å². The van der Waals surface area contributed by atoms with Crippen molar-refractivity contribution in [2.24, 2.45) is 0 Å². The maximum Gasteiger partial charge on any atom is 0.119 e. The monoisotopic (exact) mass is 228 g/mol. The van der Waals surface area contributed by atoms with E-state index in [-0.39, 0.29) is 5.54 Å². The van der Waals surface area contributed by atoms with Crippen molar-refractivity contribution in [3.05, 3.63) is 16.1 Å². The molecule has 0 radical (unpaired) electrons. The highest BCUT2D eigenvalue weighted by molar-refractivity contribution is 7.11. The highest BCUT2D eigenvalue weighted by atomic mass is 32.1. The fourth-order valence-corrected chi connectivity index (χ4v) is 1.84. The van der Waals surface area contributed by atoms with E-state index in [1.54, 1.807) is 11.3 Å². The van der Waals surface area contributed by atoms with Crippen LogP contribution >= 0.6 is 11.3 Å². The van der Waals surface area contributed by atoms with Gasteiger partial charge in [0.1, 0.15) is 5.01 Å². The molecular formula is C11H20N2OS. The molecule has 0 amide bonds. The average Bonchev–Trinajstić information content (AvgIpc) is 2.58. The van der Waals surface area contributed by atoms with Gasteiger partial charge in [0.25, 0.3) is 0 Å². The molecule has 4 heteroatoms. The van der Waals surface area contributed by atoms with Gasteiger partial charge in [0, 0.05) is 29.8 Å². The molecular weight excluding hydrogens is 208 g/mol. The van der Waals surface area contributed by atoms with Crippen LogP contribution in [0, 0.1) is 0 Å². The molecule has 0 saturated heterocycles. The number of thiazole rings is 1. The van der Waals surface area contributed by atoms with E-state index in [1.165, 1.54) is 4.88 Å². The van der Waals surface area contributed by atoms with Crippen molar-refractivity contribution in [1.29, 1.82) is 0 Å². The Hall–Kier alpha value is -0.450. The molecule has 1 rings (SSSR count). The smallest absolute Gasteiger partial charge is 0.119 e. The summed E-state index contributed by atoms with van der Waals surface area (Å²) in [6.07, 6.45) is 1.93. The minimum Gasteiger partial charge on any atom is -0.375 e. The van der Waals surface area contributed by atoms with Crippen molar-refractivity contribution < 1.29 is 4.74 Å². The van der Waals surface area contributed by atoms with E-state index in [2.05, 4.69) is 31.1 Å². The molecule has 15 heavy (non-hydrogen) atoms. The van der Waals surface area contributed by atoms with Crippen molar-refractivity contribution >= 4 is 11.3 Å². The summed E-state index contributed by atoms with van der Waals surface area (Å²) in [5.41, 5.74) is 0.157. The van der Waals surface area contributed by atoms with Gasteiger partial charge in [-0.25, -0.2) is 4.98 Å². The Morgan fingerprint density at radius 2 is 2.20 bits per heavy atom. The molecule has 3 nitrogen and oxygen atoms in total. The zero-order valence-electron chi connectivity index (χ0n) is 9.96. The largest absolute Gasteiger partial charge is 0.375 e. The van der Waals surface area contributed by atoms with Crippen molar-refractivity contribution in [3.8, 4) is 0 Å². The van der Waals surface area contributed by atoms with Crippen LogP contribution in [0.2, 0.25) is 0 Å². The zero-order chi connectivity index (χ0) is 11.3. The molecule has 0 atom stereocenters. The molecule has 0 aliphatic carbocycles. The number of hydrogen-bond donors (Lipinski definition) is 1. The molecule has 0 spiro atoms. The second kappa shape index (κ2) is 5.58. The Balaban J connectivity index is 2.39. The number of nitrogens with one attached hydrogen (secondary N) is 1. The normalized spacial score (nSPS) is 12.0. The fraction of sp³-hybridized carbons (Fsp3) is 0.727. The Kier molecular flexibility index (Phi) is 4.70. The molecule has 0 aromatic carbocycles. The zero-order valence-corrected chi connectivity index (χ0v) is 10.8. The molecule has 1 aromatic rings. The van der Waals surface area contributed by atoms with Gasteiger partial charge in [-0.05, 0) is 27.7 Å². The summed E-state index contributed by atoms with van der Waals surface area (Å²) in [6.45, 7) is 10.7. The van der Waals surface area contributed by atoms with Gasteiger partial charge < -0.3 is 10.1 Å². The molecule has 0 saturated carbocycles. The second-order valence-electron chi connectivity index (χ2n) is 4.46. The van der Waals surface area contributed by atoms with Gasteiger partial charge in [0.15, 0.2) is 0 Å². The molecule has 1 N–H and O–H groups in total. The van der Waals surface area contributed by atoms with Gasteiger partial charge in [0.2, 0.25) is 0 Å². The van der Waals surface area contributed by atoms with E-state index >= 15 is 0 Å². The standard InChI is InChI=1S/C11H20N2OS/c1-5-14-8-10-12-6-9(15-10)7-13-11(2,3)4/h6,13H,5,7-8H2,1-4H3. The lowest BCUT2D eigenvalue weighted by Gasteiger charge is -2.19. The van der Waals surface area contributed by atoms with Crippen molar-refractivity contribution in [1.82, 2.24) is 10.3 Å². The van der Waals surface area contributed by atoms with E-state index in [1.807, 2.05) is 13.1 Å². The van der Waals surface area contributed by atoms with Crippen molar-refractivity contribution in [3.63, 3.8) is 0 Å². The van der Waals surface area contributed by atoms with Crippen LogP contribution in [-0.4, -0.2) is 17.1 Å². The Morgan fingerprint density at radius 3 is 2.80 bits per heavy atom. The summed E-state index contributed by atoms with van der Waals surface area (Å²) in [7, 11) is 0. The van der Waals surface area contributed by atoms with Gasteiger partial charge in [-0.2, -0.15) is 0 Å². The Labute approximate surface area is 95.9 Å². The Morgan fingerprint density at radius 1 is 1.47 bits per heavy atom. The first-order valence-corrected chi connectivity index (χ1v) is 6.09. The topological polar surface area (TPSA) is 34.1 Å². The fourth-order valence-electron chi connectivity index (χ4n) is 1.04. The number of nitrogens with zero attached hydrogens (tertiary/aromatic N) is 1. The third kappa shape index (κ3) is 5.25. The molecule has 0 bridgehead atoms. The van der Waals surface area contributed by atoms with Crippen LogP contribution in [0.3, 0.4) is 0 Å². The van der Waals surface area contributed by atoms with Gasteiger partial charge in [-0.15, -0.1) is 11.3 Å². The van der Waals surface area contributed by atoms with Crippen LogP contribution in [0.15, 0.2) is 6.20 Å². The van der Waals surface area contributed by atoms with Gasteiger partial charge in [-0.1, -0.05) is 0 Å². The Bertz CT molecular complexity index is 291. The van der Waals surface area contributed by atoms with E-state index in [9.17, 15) is 0 Å². The minimum atomic E-state index is 0.157. The van der Waals surface area contributed by atoms with Gasteiger partial charge in [0.05, 0.1) is 6.61 Å². The van der Waals surface area contributed by atoms with Crippen LogP contribution in [0.25, 0.3) is 0 Å². The predicted molar refractivity (Wildman–Crippen MR) is 64.0 cm³/mol. The van der Waals surface area contributed by atoms with Crippen molar-refractivity contribution in [2.45, 2.75) is 46.4 Å². The molecule has 0 aliphatic heterocycles. The lowest BCUT2D eigenvalue weighted by molar-refractivity contribution is 0.134. The molecule has 0 unspecified atom stereocenters. The summed E-state index contributed by atoms with van der Waals surface area (Å²) in [4.78, 5) is 5.57. The van der Waals surface area contributed by atoms with E-state index < -0.39 is 0 Å². The lowest BCUT2D eigenvalue weighted by Crippen LogP contribution is -2.34. The summed E-state index contributed by atoms with van der Waals surface area (Å²) < 4.78 is 5.31. The number of rotatable bonds is 5. The van der Waals surface area contributed by atoms with Crippen LogP contribution < -0.4 is 5.32 Å². The summed E-state index contributed by atoms with van der Waals surface area (Å²) >= 11 is 1.71. The van der Waals surface area contributed by atoms with Crippen LogP contribution in [-0.2, 0) is 17.9 Å². The molecule has 1 heterocycles. The summed E-state index contributed by atoms with van der Waals surface area (Å²) in [5, 5.41) is 4.50. The highest BCUT2D eigenvalue weighted by Gasteiger charge is 2.09. The SMILES string of the molecule is CCOCc1ncc(CNC(C)(C)C)s1. The number of aromatic nitrogens is 1. The molecule has 86 valence electrons. The van der Waals surface area contributed by atoms with E-state index in [4.69, 9.17) is 4.74 Å². The number of hydrogen-bond acceptors (Lipinski definition) is 4. The molecule has 0 aliphatic rings. The second-order valence-corrected chi connectivity index (χ2v) is 5.66. The first-order valence-electron chi connectivity index (χ1n) is 5.27. The summed E-state index contributed by atoms with van der Waals surface area (Å²) in [6, 6.07) is 0. The van der Waals surface area contributed by atoms with E-state index in [0.717, 1.165) is 18.2 Å². The minimum absolute atomic E-state index is 0.157. The highest BCUT2D eigenvalue weighted by Crippen LogP contribution is 2.14. The third-order valence-electron chi connectivity index (χ3n) is 1.82. The lowest BCUT2D eigenvalue weighted by atomic mass is 10.1. The van der Waals surface area contributed by atoms with Gasteiger partial charge >= 0.3 is 0 Å². The first-order chi connectivity index (χ1) is 7.01. The first kappa shape index (κ1) is 12.6. The summed E-state index contributed by atoms with van der Waals surface area (Å²) in [5.74, 6) is 0. The maximum absolute atomic E-state index is 5.31. The third-order valence-corrected chi connectivity index (χ3v) is 2.79. The predicted octanol–water partition coefficient (Wildman–Crippen LogP) is 2.57. The van der Waals surface area contributed by atoms with Crippen LogP contribution in [0.1, 0.15) is 37.6 Å². The van der Waals surface area contributed by atoms with Crippen LogP contribution in [0.5, 0.6) is 0 Å². The van der Waals surface area contributed by atoms with Crippen molar-refractivity contribution in [2.75, 3.05) is 6.61 Å². The van der Waals surface area contributed by atoms with Gasteiger partial charge in [-0.3, -0.25) is 0 Å². The molecule has 1 aromatic heterocycles. The number of ether oxygens (including phenoxy) is 1. The maximum atomic E-state index is 5.31. The van der Waals surface area contributed by atoms with Crippen LogP contribution in [0.4, 0.5) is 0 Å². The quantitative estimate of drug-likeness (QED) is 0.841. The molecule has 0 fully saturated rings.